The lowest BCUT2D eigenvalue weighted by atomic mass is 9.95. The monoisotopic (exact) mass is 331 g/mol. The highest BCUT2D eigenvalue weighted by atomic mass is 16.5. The normalized spacial score (nSPS) is 15.4. The fourth-order valence-electron chi connectivity index (χ4n) is 3.11. The minimum absolute atomic E-state index is 0.0555. The number of rotatable bonds is 10. The van der Waals surface area contributed by atoms with E-state index in [9.17, 15) is 4.79 Å². The summed E-state index contributed by atoms with van der Waals surface area (Å²) in [7, 11) is 1.94. The third-order valence-electron chi connectivity index (χ3n) is 4.85. The van der Waals surface area contributed by atoms with Gasteiger partial charge in [-0.1, -0.05) is 39.3 Å². The first-order chi connectivity index (χ1) is 11.5. The molecule has 0 spiro atoms. The molecule has 24 heavy (non-hydrogen) atoms. The Bertz CT molecular complexity index is 522. The lowest BCUT2D eigenvalue weighted by Crippen LogP contribution is -2.33. The summed E-state index contributed by atoms with van der Waals surface area (Å²) in [5.41, 5.74) is 1.08. The van der Waals surface area contributed by atoms with Gasteiger partial charge in [0.05, 0.1) is 12.5 Å². The molecule has 0 N–H and O–H groups in total. The molecule has 0 aliphatic heterocycles. The summed E-state index contributed by atoms with van der Waals surface area (Å²) in [4.78, 5) is 14.7. The van der Waals surface area contributed by atoms with Crippen molar-refractivity contribution in [2.24, 2.45) is 5.92 Å². The number of unbranched alkanes of at least 4 members (excludes halogenated alkanes) is 1. The zero-order valence-corrected chi connectivity index (χ0v) is 15.8. The number of hydrogen-bond donors (Lipinski definition) is 0. The van der Waals surface area contributed by atoms with Gasteiger partial charge in [-0.25, -0.2) is 0 Å². The van der Waals surface area contributed by atoms with Crippen LogP contribution in [0.4, 0.5) is 0 Å². The summed E-state index contributed by atoms with van der Waals surface area (Å²) in [6.07, 6.45) is 6.68. The van der Waals surface area contributed by atoms with Crippen LogP contribution in [0.5, 0.6) is 5.75 Å². The number of likely N-dealkylation sites (N-methyl/N-ethyl adjacent to an activating group) is 1. The molecule has 1 aliphatic rings. The van der Waals surface area contributed by atoms with E-state index in [1.165, 1.54) is 12.8 Å². The molecular formula is C21H33NO2. The van der Waals surface area contributed by atoms with Gasteiger partial charge in [-0.05, 0) is 55.7 Å². The Kier molecular flexibility index (Phi) is 7.14. The summed E-state index contributed by atoms with van der Waals surface area (Å²) >= 11 is 0. The van der Waals surface area contributed by atoms with E-state index in [0.29, 0.717) is 6.04 Å². The van der Waals surface area contributed by atoms with E-state index in [2.05, 4.69) is 32.9 Å². The Morgan fingerprint density at radius 2 is 2.04 bits per heavy atom. The van der Waals surface area contributed by atoms with E-state index >= 15 is 0 Å². The fraction of sp³-hybridized carbons (Fsp3) is 0.667. The van der Waals surface area contributed by atoms with Crippen molar-refractivity contribution in [2.45, 2.75) is 71.3 Å². The van der Waals surface area contributed by atoms with Gasteiger partial charge in [0.2, 0.25) is 5.91 Å². The van der Waals surface area contributed by atoms with Gasteiger partial charge in [-0.15, -0.1) is 0 Å². The quantitative estimate of drug-likeness (QED) is 0.564. The Morgan fingerprint density at radius 1 is 1.29 bits per heavy atom. The van der Waals surface area contributed by atoms with Gasteiger partial charge in [0.15, 0.2) is 0 Å². The molecule has 1 fully saturated rings. The van der Waals surface area contributed by atoms with Crippen LogP contribution < -0.4 is 4.74 Å². The van der Waals surface area contributed by atoms with Crippen LogP contribution in [0, 0.1) is 5.92 Å². The fourth-order valence-corrected chi connectivity index (χ4v) is 3.11. The molecule has 2 rings (SSSR count). The van der Waals surface area contributed by atoms with Crippen molar-refractivity contribution in [3.05, 3.63) is 29.8 Å². The Labute approximate surface area is 147 Å². The molecule has 1 unspecified atom stereocenters. The second-order valence-corrected chi connectivity index (χ2v) is 7.45. The molecule has 3 heteroatoms. The summed E-state index contributed by atoms with van der Waals surface area (Å²) in [5, 5.41) is 0. The lowest BCUT2D eigenvalue weighted by Gasteiger charge is -2.23. The highest BCUT2D eigenvalue weighted by molar-refractivity contribution is 5.84. The second kappa shape index (κ2) is 9.10. The topological polar surface area (TPSA) is 29.5 Å². The van der Waals surface area contributed by atoms with Crippen molar-refractivity contribution in [3.8, 4) is 5.75 Å². The number of amides is 1. The van der Waals surface area contributed by atoms with Crippen molar-refractivity contribution >= 4 is 5.91 Å². The minimum Gasteiger partial charge on any atom is -0.494 e. The van der Waals surface area contributed by atoms with E-state index in [1.54, 1.807) is 0 Å². The molecule has 0 radical (unpaired) electrons. The van der Waals surface area contributed by atoms with E-state index in [0.717, 1.165) is 49.5 Å². The Balaban J connectivity index is 1.91. The Hall–Kier alpha value is -1.51. The number of carbonyl (C=O) groups is 1. The first-order valence-electron chi connectivity index (χ1n) is 9.52. The first kappa shape index (κ1) is 18.8. The van der Waals surface area contributed by atoms with Crippen LogP contribution in [0.3, 0.4) is 0 Å². The molecule has 0 heterocycles. The van der Waals surface area contributed by atoms with Gasteiger partial charge in [0, 0.05) is 13.1 Å². The number of ether oxygens (including phenoxy) is 1. The third-order valence-corrected chi connectivity index (χ3v) is 4.85. The third kappa shape index (κ3) is 5.54. The standard InChI is InChI=1S/C21H33NO2/c1-5-20(21(23)22(4)18-12-13-18)17-10-8-11-19(15-17)24-14-7-6-9-16(2)3/h8,10-11,15-16,18,20H,5-7,9,12-14H2,1-4H3. The molecule has 1 amide bonds. The molecule has 3 nitrogen and oxygen atoms in total. The molecule has 1 aromatic rings. The predicted octanol–water partition coefficient (Wildman–Crippen LogP) is 5.01. The van der Waals surface area contributed by atoms with E-state index < -0.39 is 0 Å². The zero-order valence-electron chi connectivity index (χ0n) is 15.8. The van der Waals surface area contributed by atoms with Crippen LogP contribution in [-0.4, -0.2) is 30.5 Å². The maximum Gasteiger partial charge on any atom is 0.230 e. The molecule has 0 bridgehead atoms. The number of nitrogens with zero attached hydrogens (tertiary/aromatic N) is 1. The highest BCUT2D eigenvalue weighted by Gasteiger charge is 2.33. The average molecular weight is 332 g/mol. The van der Waals surface area contributed by atoms with Crippen LogP contribution in [-0.2, 0) is 4.79 Å². The number of carbonyl (C=O) groups excluding carboxylic acids is 1. The summed E-state index contributed by atoms with van der Waals surface area (Å²) in [6, 6.07) is 8.57. The summed E-state index contributed by atoms with van der Waals surface area (Å²) < 4.78 is 5.90. The van der Waals surface area contributed by atoms with Gasteiger partial charge in [-0.3, -0.25) is 4.79 Å². The van der Waals surface area contributed by atoms with Crippen LogP contribution in [0.25, 0.3) is 0 Å². The maximum atomic E-state index is 12.7. The molecule has 0 saturated heterocycles. The summed E-state index contributed by atoms with van der Waals surface area (Å²) in [5.74, 6) is 1.83. The van der Waals surface area contributed by atoms with Gasteiger partial charge in [0.25, 0.3) is 0 Å². The van der Waals surface area contributed by atoms with Crippen molar-refractivity contribution in [1.82, 2.24) is 4.90 Å². The lowest BCUT2D eigenvalue weighted by molar-refractivity contribution is -0.132. The molecular weight excluding hydrogens is 298 g/mol. The first-order valence-corrected chi connectivity index (χ1v) is 9.52. The molecule has 1 aliphatic carbocycles. The Morgan fingerprint density at radius 3 is 2.67 bits per heavy atom. The van der Waals surface area contributed by atoms with Crippen molar-refractivity contribution in [1.29, 1.82) is 0 Å². The average Bonchev–Trinajstić information content (AvgIpc) is 3.39. The van der Waals surface area contributed by atoms with E-state index in [1.807, 2.05) is 24.1 Å². The second-order valence-electron chi connectivity index (χ2n) is 7.45. The maximum absolute atomic E-state index is 12.7. The van der Waals surface area contributed by atoms with Gasteiger partial charge < -0.3 is 9.64 Å². The number of hydrogen-bond acceptors (Lipinski definition) is 2. The van der Waals surface area contributed by atoms with Crippen molar-refractivity contribution in [2.75, 3.05) is 13.7 Å². The smallest absolute Gasteiger partial charge is 0.230 e. The van der Waals surface area contributed by atoms with Crippen molar-refractivity contribution in [3.63, 3.8) is 0 Å². The van der Waals surface area contributed by atoms with E-state index in [4.69, 9.17) is 4.74 Å². The van der Waals surface area contributed by atoms with Gasteiger partial charge in [-0.2, -0.15) is 0 Å². The zero-order chi connectivity index (χ0) is 17.5. The van der Waals surface area contributed by atoms with Crippen LogP contribution >= 0.6 is 0 Å². The highest BCUT2D eigenvalue weighted by Crippen LogP contribution is 2.31. The molecule has 0 aromatic heterocycles. The SMILES string of the molecule is CCC(C(=O)N(C)C1CC1)c1cccc(OCCCCC(C)C)c1. The van der Waals surface area contributed by atoms with Crippen LogP contribution in [0.1, 0.15) is 70.8 Å². The van der Waals surface area contributed by atoms with E-state index in [-0.39, 0.29) is 11.8 Å². The van der Waals surface area contributed by atoms with Crippen molar-refractivity contribution < 1.29 is 9.53 Å². The largest absolute Gasteiger partial charge is 0.494 e. The number of benzene rings is 1. The summed E-state index contributed by atoms with van der Waals surface area (Å²) in [6.45, 7) is 7.35. The predicted molar refractivity (Wildman–Crippen MR) is 99.5 cm³/mol. The van der Waals surface area contributed by atoms with Crippen LogP contribution in [0.2, 0.25) is 0 Å². The molecule has 1 atom stereocenters. The van der Waals surface area contributed by atoms with Crippen LogP contribution in [0.15, 0.2) is 24.3 Å². The molecule has 1 aromatic carbocycles. The van der Waals surface area contributed by atoms with Gasteiger partial charge in [0.1, 0.15) is 5.75 Å². The van der Waals surface area contributed by atoms with Gasteiger partial charge >= 0.3 is 0 Å². The molecule has 134 valence electrons. The minimum atomic E-state index is -0.0555. The molecule has 1 saturated carbocycles.